The number of hydrogen-bond donors (Lipinski definition) is 1. The summed E-state index contributed by atoms with van der Waals surface area (Å²) in [5, 5.41) is 0. The van der Waals surface area contributed by atoms with Crippen LogP contribution in [0.1, 0.15) is 38.5 Å². The van der Waals surface area contributed by atoms with E-state index in [1.807, 2.05) is 0 Å². The topological polar surface area (TPSA) is 41.7 Å². The van der Waals surface area contributed by atoms with E-state index >= 15 is 0 Å². The van der Waals surface area contributed by atoms with Gasteiger partial charge < -0.3 is 10.5 Å². The molecule has 3 aliphatic rings. The summed E-state index contributed by atoms with van der Waals surface area (Å²) in [6, 6.07) is 0.812. The molecule has 0 aliphatic carbocycles. The predicted molar refractivity (Wildman–Crippen MR) is 77.2 cm³/mol. The Hall–Kier alpha value is -0.160. The highest BCUT2D eigenvalue weighted by molar-refractivity contribution is 4.87. The molecule has 19 heavy (non-hydrogen) atoms. The summed E-state index contributed by atoms with van der Waals surface area (Å²) >= 11 is 0. The molecule has 2 N–H and O–H groups in total. The summed E-state index contributed by atoms with van der Waals surface area (Å²) in [5.41, 5.74) is 5.68. The van der Waals surface area contributed by atoms with Crippen LogP contribution in [0, 0.1) is 0 Å². The second-order valence-electron chi connectivity index (χ2n) is 6.49. The Kier molecular flexibility index (Phi) is 4.74. The molecule has 4 nitrogen and oxygen atoms in total. The number of likely N-dealkylation sites (tertiary alicyclic amines) is 2. The van der Waals surface area contributed by atoms with Crippen LogP contribution >= 0.6 is 0 Å². The summed E-state index contributed by atoms with van der Waals surface area (Å²) in [6.07, 6.45) is 8.72. The van der Waals surface area contributed by atoms with E-state index in [-0.39, 0.29) is 0 Å². The van der Waals surface area contributed by atoms with Crippen molar-refractivity contribution in [2.24, 2.45) is 5.73 Å². The Bertz CT molecular complexity index is 281. The van der Waals surface area contributed by atoms with Gasteiger partial charge in [-0.3, -0.25) is 9.80 Å². The molecule has 3 unspecified atom stereocenters. The maximum absolute atomic E-state index is 5.97. The molecule has 3 aliphatic heterocycles. The van der Waals surface area contributed by atoms with Gasteiger partial charge in [0.2, 0.25) is 0 Å². The van der Waals surface area contributed by atoms with Gasteiger partial charge in [0.25, 0.3) is 0 Å². The van der Waals surface area contributed by atoms with Gasteiger partial charge in [-0.05, 0) is 51.7 Å². The van der Waals surface area contributed by atoms with E-state index in [9.17, 15) is 0 Å². The molecular weight excluding hydrogens is 238 g/mol. The van der Waals surface area contributed by atoms with Crippen LogP contribution in [-0.2, 0) is 4.74 Å². The predicted octanol–water partition coefficient (Wildman–Crippen LogP) is 1.05. The first kappa shape index (κ1) is 13.8. The summed E-state index contributed by atoms with van der Waals surface area (Å²) in [4.78, 5) is 5.34. The second kappa shape index (κ2) is 6.53. The lowest BCUT2D eigenvalue weighted by Crippen LogP contribution is -2.41. The molecule has 0 saturated carbocycles. The molecule has 0 aromatic heterocycles. The van der Waals surface area contributed by atoms with E-state index in [4.69, 9.17) is 10.5 Å². The SMILES string of the molecule is NCC1CCC(CN2CCC(N3CCCCC3)C2)O1. The largest absolute Gasteiger partial charge is 0.372 e. The quantitative estimate of drug-likeness (QED) is 0.827. The molecule has 110 valence electrons. The van der Waals surface area contributed by atoms with Gasteiger partial charge in [0.05, 0.1) is 12.2 Å². The van der Waals surface area contributed by atoms with E-state index in [0.29, 0.717) is 18.8 Å². The summed E-state index contributed by atoms with van der Waals surface area (Å²) in [7, 11) is 0. The molecule has 0 amide bonds. The zero-order valence-corrected chi connectivity index (χ0v) is 12.1. The molecule has 0 aromatic rings. The van der Waals surface area contributed by atoms with Crippen molar-refractivity contribution in [3.8, 4) is 0 Å². The normalized spacial score (nSPS) is 38.1. The van der Waals surface area contributed by atoms with Crippen molar-refractivity contribution in [1.82, 2.24) is 9.80 Å². The lowest BCUT2D eigenvalue weighted by molar-refractivity contribution is 0.0297. The van der Waals surface area contributed by atoms with Gasteiger partial charge in [0.15, 0.2) is 0 Å². The Morgan fingerprint density at radius 3 is 2.47 bits per heavy atom. The van der Waals surface area contributed by atoms with Gasteiger partial charge in [-0.25, -0.2) is 0 Å². The summed E-state index contributed by atoms with van der Waals surface area (Å²) in [6.45, 7) is 6.98. The second-order valence-corrected chi connectivity index (χ2v) is 6.49. The van der Waals surface area contributed by atoms with E-state index in [1.54, 1.807) is 0 Å². The molecule has 3 heterocycles. The summed E-state index contributed by atoms with van der Waals surface area (Å²) in [5.74, 6) is 0. The number of nitrogens with two attached hydrogens (primary N) is 1. The van der Waals surface area contributed by atoms with E-state index < -0.39 is 0 Å². The first-order valence-electron chi connectivity index (χ1n) is 8.17. The Balaban J connectivity index is 1.41. The monoisotopic (exact) mass is 267 g/mol. The zero-order valence-electron chi connectivity index (χ0n) is 12.1. The molecule has 3 atom stereocenters. The standard InChI is InChI=1S/C15H29N3O/c16-10-14-4-5-15(19-14)12-17-9-6-13(11-17)18-7-2-1-3-8-18/h13-15H,1-12,16H2. The van der Waals surface area contributed by atoms with Crippen LogP contribution in [0.2, 0.25) is 0 Å². The van der Waals surface area contributed by atoms with Crippen LogP contribution in [0.15, 0.2) is 0 Å². The highest BCUT2D eigenvalue weighted by Gasteiger charge is 2.32. The molecule has 0 aromatic carbocycles. The fourth-order valence-electron chi connectivity index (χ4n) is 3.94. The Morgan fingerprint density at radius 1 is 0.947 bits per heavy atom. The van der Waals surface area contributed by atoms with E-state index in [1.165, 1.54) is 58.3 Å². The molecule has 4 heteroatoms. The van der Waals surface area contributed by atoms with Crippen molar-refractivity contribution < 1.29 is 4.74 Å². The summed E-state index contributed by atoms with van der Waals surface area (Å²) < 4.78 is 5.97. The van der Waals surface area contributed by atoms with Crippen molar-refractivity contribution >= 4 is 0 Å². The van der Waals surface area contributed by atoms with Crippen molar-refractivity contribution in [2.75, 3.05) is 39.3 Å². The fourth-order valence-corrected chi connectivity index (χ4v) is 3.94. The Labute approximate surface area is 117 Å². The van der Waals surface area contributed by atoms with Gasteiger partial charge in [0.1, 0.15) is 0 Å². The maximum Gasteiger partial charge on any atom is 0.0707 e. The van der Waals surface area contributed by atoms with Gasteiger partial charge in [-0.1, -0.05) is 6.42 Å². The van der Waals surface area contributed by atoms with Crippen LogP contribution in [0.4, 0.5) is 0 Å². The van der Waals surface area contributed by atoms with E-state index in [0.717, 1.165) is 19.0 Å². The van der Waals surface area contributed by atoms with Crippen LogP contribution in [0.3, 0.4) is 0 Å². The third kappa shape index (κ3) is 3.48. The Morgan fingerprint density at radius 2 is 1.74 bits per heavy atom. The van der Waals surface area contributed by atoms with Gasteiger partial charge in [-0.15, -0.1) is 0 Å². The maximum atomic E-state index is 5.97. The molecule has 0 spiro atoms. The number of rotatable bonds is 4. The zero-order chi connectivity index (χ0) is 13.1. The van der Waals surface area contributed by atoms with Gasteiger partial charge >= 0.3 is 0 Å². The minimum absolute atomic E-state index is 0.325. The van der Waals surface area contributed by atoms with Crippen LogP contribution in [0.5, 0.6) is 0 Å². The minimum Gasteiger partial charge on any atom is -0.372 e. The smallest absolute Gasteiger partial charge is 0.0707 e. The number of nitrogens with zero attached hydrogens (tertiary/aromatic N) is 2. The average molecular weight is 267 g/mol. The molecule has 3 rings (SSSR count). The van der Waals surface area contributed by atoms with Crippen molar-refractivity contribution in [3.05, 3.63) is 0 Å². The van der Waals surface area contributed by atoms with Crippen molar-refractivity contribution in [1.29, 1.82) is 0 Å². The molecule has 0 radical (unpaired) electrons. The van der Waals surface area contributed by atoms with Crippen LogP contribution in [0.25, 0.3) is 0 Å². The van der Waals surface area contributed by atoms with Crippen molar-refractivity contribution in [3.63, 3.8) is 0 Å². The van der Waals surface area contributed by atoms with Crippen molar-refractivity contribution in [2.45, 2.75) is 56.8 Å². The van der Waals surface area contributed by atoms with Gasteiger partial charge in [-0.2, -0.15) is 0 Å². The molecule has 0 bridgehead atoms. The lowest BCUT2D eigenvalue weighted by Gasteiger charge is -2.32. The third-order valence-corrected chi connectivity index (χ3v) is 5.07. The lowest BCUT2D eigenvalue weighted by atomic mass is 10.1. The third-order valence-electron chi connectivity index (χ3n) is 5.07. The average Bonchev–Trinajstić information content (AvgIpc) is 3.09. The molecular formula is C15H29N3O. The number of hydrogen-bond acceptors (Lipinski definition) is 4. The van der Waals surface area contributed by atoms with Crippen LogP contribution in [-0.4, -0.2) is 67.3 Å². The molecule has 3 fully saturated rings. The fraction of sp³-hybridized carbons (Fsp3) is 1.00. The van der Waals surface area contributed by atoms with E-state index in [2.05, 4.69) is 9.80 Å². The van der Waals surface area contributed by atoms with Crippen LogP contribution < -0.4 is 5.73 Å². The highest BCUT2D eigenvalue weighted by atomic mass is 16.5. The first-order valence-corrected chi connectivity index (χ1v) is 8.17. The van der Waals surface area contributed by atoms with Gasteiger partial charge in [0, 0.05) is 25.7 Å². The number of piperidine rings is 1. The first-order chi connectivity index (χ1) is 9.35. The number of ether oxygens (including phenoxy) is 1. The highest BCUT2D eigenvalue weighted by Crippen LogP contribution is 2.24. The minimum atomic E-state index is 0.325. The molecule has 3 saturated heterocycles.